The quantitative estimate of drug-likeness (QED) is 0.801. The molecule has 1 aliphatic heterocycles. The molecule has 1 atom stereocenters. The van der Waals surface area contributed by atoms with E-state index in [0.717, 1.165) is 31.4 Å². The Balaban J connectivity index is 1.84. The Labute approximate surface area is 117 Å². The van der Waals surface area contributed by atoms with Gasteiger partial charge in [0.1, 0.15) is 0 Å². The van der Waals surface area contributed by atoms with Gasteiger partial charge >= 0.3 is 0 Å². The van der Waals surface area contributed by atoms with Gasteiger partial charge in [-0.15, -0.1) is 0 Å². The Hall–Kier alpha value is -2.19. The largest absolute Gasteiger partial charge is 0.337 e. The summed E-state index contributed by atoms with van der Waals surface area (Å²) in [6.07, 6.45) is 3.23. The number of hydrogen-bond donors (Lipinski definition) is 0. The van der Waals surface area contributed by atoms with Gasteiger partial charge in [0.05, 0.1) is 18.7 Å². The Morgan fingerprint density at radius 1 is 1.30 bits per heavy atom. The molecule has 102 valence electrons. The summed E-state index contributed by atoms with van der Waals surface area (Å²) in [4.78, 5) is 6.62. The molecule has 0 radical (unpaired) electrons. The lowest BCUT2D eigenvalue weighted by atomic mass is 10.0. The van der Waals surface area contributed by atoms with E-state index in [1.807, 2.05) is 30.3 Å². The zero-order valence-corrected chi connectivity index (χ0v) is 11.2. The van der Waals surface area contributed by atoms with Crippen molar-refractivity contribution >= 4 is 0 Å². The molecule has 0 saturated carbocycles. The summed E-state index contributed by atoms with van der Waals surface area (Å²) in [5.74, 6) is 1.24. The van der Waals surface area contributed by atoms with Gasteiger partial charge in [0.25, 0.3) is 0 Å². The lowest BCUT2D eigenvalue weighted by molar-refractivity contribution is 0.135. The van der Waals surface area contributed by atoms with Gasteiger partial charge in [0.2, 0.25) is 11.7 Å². The van der Waals surface area contributed by atoms with Crippen LogP contribution in [0.5, 0.6) is 0 Å². The molecular formula is C15H16N4O. The molecular weight excluding hydrogens is 252 g/mol. The van der Waals surface area contributed by atoms with Crippen molar-refractivity contribution in [2.75, 3.05) is 13.1 Å². The second-order valence-electron chi connectivity index (χ2n) is 4.96. The van der Waals surface area contributed by atoms with Crippen LogP contribution in [0.4, 0.5) is 0 Å². The molecule has 1 fully saturated rings. The Kier molecular flexibility index (Phi) is 3.75. The Bertz CT molecular complexity index is 602. The average Bonchev–Trinajstić information content (AvgIpc) is 2.99. The normalized spacial score (nSPS) is 19.6. The van der Waals surface area contributed by atoms with E-state index < -0.39 is 0 Å². The third kappa shape index (κ3) is 2.56. The highest BCUT2D eigenvalue weighted by Crippen LogP contribution is 2.30. The lowest BCUT2D eigenvalue weighted by Gasteiger charge is -2.30. The maximum absolute atomic E-state index is 8.91. The smallest absolute Gasteiger partial charge is 0.244 e. The van der Waals surface area contributed by atoms with Crippen LogP contribution in [0.3, 0.4) is 0 Å². The summed E-state index contributed by atoms with van der Waals surface area (Å²) in [5, 5.41) is 13.0. The van der Waals surface area contributed by atoms with Crippen molar-refractivity contribution < 1.29 is 4.52 Å². The monoisotopic (exact) mass is 268 g/mol. The van der Waals surface area contributed by atoms with E-state index >= 15 is 0 Å². The van der Waals surface area contributed by atoms with E-state index in [4.69, 9.17) is 9.78 Å². The molecule has 2 aromatic rings. The maximum Gasteiger partial charge on any atom is 0.244 e. The zero-order chi connectivity index (χ0) is 13.8. The molecule has 0 unspecified atom stereocenters. The molecule has 0 spiro atoms. The van der Waals surface area contributed by atoms with E-state index in [2.05, 4.69) is 21.1 Å². The number of benzene rings is 1. The Morgan fingerprint density at radius 3 is 2.95 bits per heavy atom. The number of hydrogen-bond acceptors (Lipinski definition) is 5. The molecule has 2 heterocycles. The Morgan fingerprint density at radius 2 is 2.15 bits per heavy atom. The third-order valence-corrected chi connectivity index (χ3v) is 3.65. The van der Waals surface area contributed by atoms with Gasteiger partial charge in [0.15, 0.2) is 0 Å². The first kappa shape index (κ1) is 12.8. The van der Waals surface area contributed by atoms with E-state index in [1.165, 1.54) is 0 Å². The van der Waals surface area contributed by atoms with Gasteiger partial charge in [-0.1, -0.05) is 41.9 Å². The summed E-state index contributed by atoms with van der Waals surface area (Å²) >= 11 is 0. The highest BCUT2D eigenvalue weighted by molar-refractivity contribution is 5.53. The fourth-order valence-electron chi connectivity index (χ4n) is 2.63. The number of nitriles is 1. The SMILES string of the molecule is N#CCN1CCCC[C@@H]1c1nc(-c2ccccc2)no1. The second kappa shape index (κ2) is 5.85. The van der Waals surface area contributed by atoms with Crippen LogP contribution in [0.1, 0.15) is 31.2 Å². The summed E-state index contributed by atoms with van der Waals surface area (Å²) in [5.41, 5.74) is 0.949. The summed E-state index contributed by atoms with van der Waals surface area (Å²) in [6, 6.07) is 12.1. The van der Waals surface area contributed by atoms with E-state index in [-0.39, 0.29) is 6.04 Å². The molecule has 0 bridgehead atoms. The van der Waals surface area contributed by atoms with Gasteiger partial charge in [-0.05, 0) is 19.4 Å². The molecule has 0 aliphatic carbocycles. The average molecular weight is 268 g/mol. The fourth-order valence-corrected chi connectivity index (χ4v) is 2.63. The van der Waals surface area contributed by atoms with E-state index in [0.29, 0.717) is 18.3 Å². The first-order chi connectivity index (χ1) is 9.88. The van der Waals surface area contributed by atoms with Gasteiger partial charge in [-0.25, -0.2) is 0 Å². The van der Waals surface area contributed by atoms with Crippen molar-refractivity contribution in [3.63, 3.8) is 0 Å². The topological polar surface area (TPSA) is 66.0 Å². The number of nitrogens with zero attached hydrogens (tertiary/aromatic N) is 4. The molecule has 1 aromatic carbocycles. The van der Waals surface area contributed by atoms with Crippen LogP contribution < -0.4 is 0 Å². The highest BCUT2D eigenvalue weighted by Gasteiger charge is 2.28. The predicted molar refractivity (Wildman–Crippen MR) is 73.5 cm³/mol. The highest BCUT2D eigenvalue weighted by atomic mass is 16.5. The number of aromatic nitrogens is 2. The standard InChI is InChI=1S/C15H16N4O/c16-9-11-19-10-5-4-8-13(19)15-17-14(18-20-15)12-6-2-1-3-7-12/h1-3,6-7,13H,4-5,8,10-11H2/t13-/m1/s1. The summed E-state index contributed by atoms with van der Waals surface area (Å²) in [6.45, 7) is 1.33. The van der Waals surface area contributed by atoms with Crippen LogP contribution in [-0.2, 0) is 0 Å². The molecule has 0 amide bonds. The number of likely N-dealkylation sites (tertiary alicyclic amines) is 1. The molecule has 1 aromatic heterocycles. The van der Waals surface area contributed by atoms with E-state index in [1.54, 1.807) is 0 Å². The maximum atomic E-state index is 8.91. The van der Waals surface area contributed by atoms with Gasteiger partial charge < -0.3 is 4.52 Å². The molecule has 20 heavy (non-hydrogen) atoms. The van der Waals surface area contributed by atoms with Crippen molar-refractivity contribution in [2.24, 2.45) is 0 Å². The van der Waals surface area contributed by atoms with Crippen molar-refractivity contribution in [1.82, 2.24) is 15.0 Å². The zero-order valence-electron chi connectivity index (χ0n) is 11.2. The molecule has 1 saturated heterocycles. The minimum Gasteiger partial charge on any atom is -0.337 e. The lowest BCUT2D eigenvalue weighted by Crippen LogP contribution is -2.33. The number of rotatable bonds is 3. The minimum atomic E-state index is 0.0772. The molecule has 5 nitrogen and oxygen atoms in total. The fraction of sp³-hybridized carbons (Fsp3) is 0.400. The van der Waals surface area contributed by atoms with Gasteiger partial charge in [-0.3, -0.25) is 4.90 Å². The summed E-state index contributed by atoms with van der Waals surface area (Å²) < 4.78 is 5.42. The van der Waals surface area contributed by atoms with Gasteiger partial charge in [-0.2, -0.15) is 10.2 Å². The number of piperidine rings is 1. The van der Waals surface area contributed by atoms with Crippen LogP contribution in [-0.4, -0.2) is 28.1 Å². The van der Waals surface area contributed by atoms with Crippen LogP contribution in [0.25, 0.3) is 11.4 Å². The van der Waals surface area contributed by atoms with Crippen LogP contribution in [0, 0.1) is 11.3 Å². The van der Waals surface area contributed by atoms with Gasteiger partial charge in [0, 0.05) is 5.56 Å². The minimum absolute atomic E-state index is 0.0772. The van der Waals surface area contributed by atoms with Crippen LogP contribution in [0.15, 0.2) is 34.9 Å². The van der Waals surface area contributed by atoms with E-state index in [9.17, 15) is 0 Å². The van der Waals surface area contributed by atoms with Crippen LogP contribution >= 0.6 is 0 Å². The molecule has 1 aliphatic rings. The predicted octanol–water partition coefficient (Wildman–Crippen LogP) is 2.79. The molecule has 3 rings (SSSR count). The molecule has 0 N–H and O–H groups in total. The van der Waals surface area contributed by atoms with Crippen molar-refractivity contribution in [3.05, 3.63) is 36.2 Å². The molecule has 5 heteroatoms. The summed E-state index contributed by atoms with van der Waals surface area (Å²) in [7, 11) is 0. The van der Waals surface area contributed by atoms with Crippen LogP contribution in [0.2, 0.25) is 0 Å². The third-order valence-electron chi connectivity index (χ3n) is 3.65. The van der Waals surface area contributed by atoms with Crippen molar-refractivity contribution in [2.45, 2.75) is 25.3 Å². The van der Waals surface area contributed by atoms with Crippen molar-refractivity contribution in [1.29, 1.82) is 5.26 Å². The second-order valence-corrected chi connectivity index (χ2v) is 4.96. The first-order valence-corrected chi connectivity index (χ1v) is 6.88. The first-order valence-electron chi connectivity index (χ1n) is 6.88. The van der Waals surface area contributed by atoms with Crippen molar-refractivity contribution in [3.8, 4) is 17.5 Å².